The predicted molar refractivity (Wildman–Crippen MR) is 81.8 cm³/mol. The van der Waals surface area contributed by atoms with Crippen molar-refractivity contribution in [2.24, 2.45) is 11.7 Å². The van der Waals surface area contributed by atoms with Crippen molar-refractivity contribution >= 4 is 11.9 Å². The summed E-state index contributed by atoms with van der Waals surface area (Å²) in [5.41, 5.74) is 5.53. The number of nitrogens with one attached hydrogen (secondary N) is 1. The summed E-state index contributed by atoms with van der Waals surface area (Å²) in [7, 11) is 0. The molecule has 120 valence electrons. The molecule has 1 atom stereocenters. The van der Waals surface area contributed by atoms with Gasteiger partial charge in [0.15, 0.2) is 0 Å². The fraction of sp³-hybridized carbons (Fsp3) is 0.867. The lowest BCUT2D eigenvalue weighted by atomic mass is 9.99. The van der Waals surface area contributed by atoms with Gasteiger partial charge in [0.2, 0.25) is 5.91 Å². The number of likely N-dealkylation sites (tertiary alicyclic amines) is 1. The third kappa shape index (κ3) is 4.33. The van der Waals surface area contributed by atoms with Crippen LogP contribution in [0.5, 0.6) is 0 Å². The van der Waals surface area contributed by atoms with Crippen LogP contribution in [0.3, 0.4) is 0 Å². The van der Waals surface area contributed by atoms with Crippen molar-refractivity contribution in [2.45, 2.75) is 45.1 Å². The molecule has 0 radical (unpaired) electrons. The normalized spacial score (nSPS) is 21.5. The average molecular weight is 296 g/mol. The van der Waals surface area contributed by atoms with E-state index in [1.807, 2.05) is 9.80 Å². The summed E-state index contributed by atoms with van der Waals surface area (Å²) in [5.74, 6) is 0.771. The number of hydrogen-bond donors (Lipinski definition) is 2. The summed E-state index contributed by atoms with van der Waals surface area (Å²) < 4.78 is 0. The van der Waals surface area contributed by atoms with Gasteiger partial charge in [0.1, 0.15) is 0 Å². The lowest BCUT2D eigenvalue weighted by molar-refractivity contribution is -0.132. The van der Waals surface area contributed by atoms with Gasteiger partial charge >= 0.3 is 6.03 Å². The van der Waals surface area contributed by atoms with Gasteiger partial charge in [0, 0.05) is 38.6 Å². The second kappa shape index (κ2) is 7.64. The quantitative estimate of drug-likeness (QED) is 0.760. The maximum atomic E-state index is 12.2. The van der Waals surface area contributed by atoms with E-state index in [2.05, 4.69) is 12.2 Å². The van der Waals surface area contributed by atoms with Crippen LogP contribution >= 0.6 is 0 Å². The Labute approximate surface area is 127 Å². The van der Waals surface area contributed by atoms with Gasteiger partial charge in [0.25, 0.3) is 0 Å². The number of piperidine rings is 1. The first kappa shape index (κ1) is 16.1. The van der Waals surface area contributed by atoms with E-state index >= 15 is 0 Å². The molecule has 0 saturated carbocycles. The molecule has 1 unspecified atom stereocenters. The Morgan fingerprint density at radius 2 is 2.05 bits per heavy atom. The van der Waals surface area contributed by atoms with Crippen LogP contribution in [0.1, 0.15) is 39.0 Å². The Hall–Kier alpha value is -1.30. The molecule has 2 saturated heterocycles. The molecule has 2 rings (SSSR count). The summed E-state index contributed by atoms with van der Waals surface area (Å²) >= 11 is 0. The highest BCUT2D eigenvalue weighted by molar-refractivity contribution is 5.77. The van der Waals surface area contributed by atoms with Crippen molar-refractivity contribution in [3.8, 4) is 0 Å². The Kier molecular flexibility index (Phi) is 5.85. The zero-order valence-electron chi connectivity index (χ0n) is 13.0. The number of carbonyl (C=O) groups excluding carboxylic acids is 2. The highest BCUT2D eigenvalue weighted by Crippen LogP contribution is 2.20. The Bertz CT molecular complexity index is 367. The number of hydrogen-bond acceptors (Lipinski definition) is 3. The topological polar surface area (TPSA) is 78.7 Å². The van der Waals surface area contributed by atoms with Crippen LogP contribution in [0.2, 0.25) is 0 Å². The van der Waals surface area contributed by atoms with Gasteiger partial charge < -0.3 is 20.9 Å². The summed E-state index contributed by atoms with van der Waals surface area (Å²) in [6.07, 6.45) is 4.33. The smallest absolute Gasteiger partial charge is 0.317 e. The molecular weight excluding hydrogens is 268 g/mol. The minimum Gasteiger partial charge on any atom is -0.343 e. The predicted octanol–water partition coefficient (Wildman–Crippen LogP) is 0.768. The highest BCUT2D eigenvalue weighted by atomic mass is 16.2. The van der Waals surface area contributed by atoms with Gasteiger partial charge in [-0.05, 0) is 38.1 Å². The van der Waals surface area contributed by atoms with Crippen LogP contribution in [-0.4, -0.2) is 60.5 Å². The maximum Gasteiger partial charge on any atom is 0.317 e. The summed E-state index contributed by atoms with van der Waals surface area (Å²) in [5, 5.41) is 2.84. The molecule has 0 aromatic rings. The average Bonchev–Trinajstić information content (AvgIpc) is 2.91. The summed E-state index contributed by atoms with van der Waals surface area (Å²) in [4.78, 5) is 27.7. The number of urea groups is 1. The van der Waals surface area contributed by atoms with Crippen molar-refractivity contribution in [1.29, 1.82) is 0 Å². The molecule has 2 heterocycles. The number of rotatable bonds is 6. The summed E-state index contributed by atoms with van der Waals surface area (Å²) in [6, 6.07) is 0.350. The molecule has 0 bridgehead atoms. The minimum absolute atomic E-state index is 0.0513. The lowest BCUT2D eigenvalue weighted by Crippen LogP contribution is -2.47. The molecule has 0 aromatic heterocycles. The van der Waals surface area contributed by atoms with Crippen LogP contribution < -0.4 is 11.1 Å². The van der Waals surface area contributed by atoms with E-state index in [0.29, 0.717) is 24.9 Å². The number of amides is 3. The highest BCUT2D eigenvalue weighted by Gasteiger charge is 2.31. The molecule has 0 spiro atoms. The number of carbonyl (C=O) groups is 2. The SMILES string of the molecule is CC(CCN)CCC(=O)N1CCC(N2CCNC2=O)CC1. The molecule has 0 aromatic carbocycles. The molecule has 2 aliphatic heterocycles. The standard InChI is InChI=1S/C15H28N4O2/c1-12(4-7-16)2-3-14(20)18-9-5-13(6-10-18)19-11-8-17-15(19)21/h12-13H,2-11,16H2,1H3,(H,17,21). The monoisotopic (exact) mass is 296 g/mol. The van der Waals surface area contributed by atoms with Gasteiger partial charge in [-0.15, -0.1) is 0 Å². The van der Waals surface area contributed by atoms with Gasteiger partial charge in [0.05, 0.1) is 0 Å². The fourth-order valence-electron chi connectivity index (χ4n) is 3.22. The lowest BCUT2D eigenvalue weighted by Gasteiger charge is -2.36. The first-order valence-corrected chi connectivity index (χ1v) is 8.14. The van der Waals surface area contributed by atoms with Crippen LogP contribution in [-0.2, 0) is 4.79 Å². The second-order valence-electron chi connectivity index (χ2n) is 6.26. The van der Waals surface area contributed by atoms with E-state index in [1.165, 1.54) is 0 Å². The van der Waals surface area contributed by atoms with E-state index in [-0.39, 0.29) is 11.9 Å². The molecule has 2 aliphatic rings. The zero-order valence-corrected chi connectivity index (χ0v) is 13.0. The van der Waals surface area contributed by atoms with Crippen molar-refractivity contribution < 1.29 is 9.59 Å². The number of nitrogens with zero attached hydrogens (tertiary/aromatic N) is 2. The van der Waals surface area contributed by atoms with E-state index in [9.17, 15) is 9.59 Å². The van der Waals surface area contributed by atoms with E-state index in [4.69, 9.17) is 5.73 Å². The van der Waals surface area contributed by atoms with E-state index in [1.54, 1.807) is 0 Å². The van der Waals surface area contributed by atoms with Gasteiger partial charge in [-0.2, -0.15) is 0 Å². The Morgan fingerprint density at radius 3 is 2.62 bits per heavy atom. The van der Waals surface area contributed by atoms with Crippen LogP contribution in [0.4, 0.5) is 4.79 Å². The molecule has 3 amide bonds. The molecule has 2 fully saturated rings. The molecule has 21 heavy (non-hydrogen) atoms. The first-order valence-electron chi connectivity index (χ1n) is 8.14. The second-order valence-corrected chi connectivity index (χ2v) is 6.26. The number of nitrogens with two attached hydrogens (primary N) is 1. The largest absolute Gasteiger partial charge is 0.343 e. The van der Waals surface area contributed by atoms with Crippen LogP contribution in [0.25, 0.3) is 0 Å². The van der Waals surface area contributed by atoms with Crippen molar-refractivity contribution in [3.63, 3.8) is 0 Å². The van der Waals surface area contributed by atoms with Crippen LogP contribution in [0, 0.1) is 5.92 Å². The Morgan fingerprint density at radius 1 is 1.33 bits per heavy atom. The maximum absolute atomic E-state index is 12.2. The van der Waals surface area contributed by atoms with Crippen molar-refractivity contribution in [1.82, 2.24) is 15.1 Å². The van der Waals surface area contributed by atoms with Crippen molar-refractivity contribution in [3.05, 3.63) is 0 Å². The molecule has 6 nitrogen and oxygen atoms in total. The molecule has 3 N–H and O–H groups in total. The zero-order chi connectivity index (χ0) is 15.2. The summed E-state index contributed by atoms with van der Waals surface area (Å²) in [6.45, 7) is 5.94. The fourth-order valence-corrected chi connectivity index (χ4v) is 3.22. The third-order valence-electron chi connectivity index (χ3n) is 4.66. The first-order chi connectivity index (χ1) is 10.1. The minimum atomic E-state index is 0.0513. The van der Waals surface area contributed by atoms with Gasteiger partial charge in [-0.3, -0.25) is 4.79 Å². The van der Waals surface area contributed by atoms with Gasteiger partial charge in [-0.25, -0.2) is 4.79 Å². The molecular formula is C15H28N4O2. The van der Waals surface area contributed by atoms with Crippen molar-refractivity contribution in [2.75, 3.05) is 32.7 Å². The molecule has 0 aliphatic carbocycles. The van der Waals surface area contributed by atoms with E-state index < -0.39 is 0 Å². The van der Waals surface area contributed by atoms with Gasteiger partial charge in [-0.1, -0.05) is 6.92 Å². The molecule has 6 heteroatoms. The Balaban J connectivity index is 1.70. The van der Waals surface area contributed by atoms with E-state index in [0.717, 1.165) is 51.9 Å². The van der Waals surface area contributed by atoms with Crippen LogP contribution in [0.15, 0.2) is 0 Å². The third-order valence-corrected chi connectivity index (χ3v) is 4.66.